The average Bonchev–Trinajstić information content (AvgIpc) is 3.07. The molecule has 1 aromatic heterocycles. The van der Waals surface area contributed by atoms with Crippen molar-refractivity contribution in [2.45, 2.75) is 52.3 Å². The lowest BCUT2D eigenvalue weighted by molar-refractivity contribution is 0.0285. The van der Waals surface area contributed by atoms with Crippen molar-refractivity contribution in [3.8, 4) is 0 Å². The van der Waals surface area contributed by atoms with Crippen molar-refractivity contribution in [1.82, 2.24) is 20.1 Å². The number of hydrogen-bond acceptors (Lipinski definition) is 5. The number of carbonyl (C=O) groups excluding carboxylic acids is 1. The number of amides is 1. The first-order valence-corrected chi connectivity index (χ1v) is 7.80. The molecule has 1 aliphatic rings. The Morgan fingerprint density at radius 1 is 1.59 bits per heavy atom. The summed E-state index contributed by atoms with van der Waals surface area (Å²) in [5, 5.41) is 4.29. The van der Waals surface area contributed by atoms with Gasteiger partial charge in [0.15, 0.2) is 0 Å². The van der Waals surface area contributed by atoms with Crippen molar-refractivity contribution in [1.29, 1.82) is 0 Å². The van der Waals surface area contributed by atoms with Crippen molar-refractivity contribution in [2.75, 3.05) is 13.1 Å². The highest BCUT2D eigenvalue weighted by molar-refractivity contribution is 5.68. The van der Waals surface area contributed by atoms with Gasteiger partial charge in [0.2, 0.25) is 0 Å². The fraction of sp³-hybridized carbons (Fsp3) is 0.733. The maximum Gasteiger partial charge on any atom is 0.410 e. The smallest absolute Gasteiger partial charge is 0.410 e. The fourth-order valence-electron chi connectivity index (χ4n) is 2.77. The van der Waals surface area contributed by atoms with E-state index in [2.05, 4.69) is 10.5 Å². The van der Waals surface area contributed by atoms with Crippen molar-refractivity contribution in [3.63, 3.8) is 0 Å². The second-order valence-corrected chi connectivity index (χ2v) is 6.75. The largest absolute Gasteiger partial charge is 0.444 e. The van der Waals surface area contributed by atoms with Gasteiger partial charge in [-0.05, 0) is 40.0 Å². The van der Waals surface area contributed by atoms with Crippen LogP contribution in [0.15, 0.2) is 12.4 Å². The summed E-state index contributed by atoms with van der Waals surface area (Å²) in [6, 6.07) is -0.00673. The summed E-state index contributed by atoms with van der Waals surface area (Å²) < 4.78 is 7.30. The Hall–Kier alpha value is -1.60. The van der Waals surface area contributed by atoms with Crippen LogP contribution in [0.5, 0.6) is 0 Å². The third-order valence-corrected chi connectivity index (χ3v) is 3.86. The van der Waals surface area contributed by atoms with Crippen LogP contribution in [0.1, 0.15) is 45.7 Å². The van der Waals surface area contributed by atoms with Crippen LogP contribution in [0.4, 0.5) is 4.79 Å². The highest BCUT2D eigenvalue weighted by Crippen LogP contribution is 2.30. The summed E-state index contributed by atoms with van der Waals surface area (Å²) in [5.74, 6) is 5.99. The highest BCUT2D eigenvalue weighted by atomic mass is 16.6. The van der Waals surface area contributed by atoms with Gasteiger partial charge in [0.25, 0.3) is 0 Å². The van der Waals surface area contributed by atoms with E-state index >= 15 is 0 Å². The zero-order valence-electron chi connectivity index (χ0n) is 13.9. The van der Waals surface area contributed by atoms with E-state index in [9.17, 15) is 4.79 Å². The molecule has 7 nitrogen and oxygen atoms in total. The van der Waals surface area contributed by atoms with Crippen LogP contribution in [0.2, 0.25) is 0 Å². The highest BCUT2D eigenvalue weighted by Gasteiger charge is 2.34. The molecule has 2 unspecified atom stereocenters. The van der Waals surface area contributed by atoms with Crippen LogP contribution >= 0.6 is 0 Å². The van der Waals surface area contributed by atoms with E-state index in [1.807, 2.05) is 44.8 Å². The van der Waals surface area contributed by atoms with Gasteiger partial charge in [-0.15, -0.1) is 0 Å². The molecule has 0 radical (unpaired) electrons. The predicted molar refractivity (Wildman–Crippen MR) is 83.9 cm³/mol. The van der Waals surface area contributed by atoms with Crippen molar-refractivity contribution in [3.05, 3.63) is 18.0 Å². The van der Waals surface area contributed by atoms with Crippen LogP contribution in [-0.2, 0) is 11.3 Å². The number of aryl methyl sites for hydroxylation is 1. The number of ether oxygens (including phenoxy) is 1. The summed E-state index contributed by atoms with van der Waals surface area (Å²) in [6.07, 6.45) is 4.48. The number of hydrazine groups is 1. The fourth-order valence-corrected chi connectivity index (χ4v) is 2.77. The summed E-state index contributed by atoms with van der Waals surface area (Å²) >= 11 is 0. The third kappa shape index (κ3) is 3.98. The molecule has 1 aliphatic heterocycles. The van der Waals surface area contributed by atoms with Crippen LogP contribution in [-0.4, -0.2) is 39.5 Å². The molecule has 1 fully saturated rings. The monoisotopic (exact) mass is 309 g/mol. The molecule has 2 rings (SSSR count). The third-order valence-electron chi connectivity index (χ3n) is 3.86. The summed E-state index contributed by atoms with van der Waals surface area (Å²) in [7, 11) is 0. The Bertz CT molecular complexity index is 508. The lowest BCUT2D eigenvalue weighted by Gasteiger charge is -2.25. The quantitative estimate of drug-likeness (QED) is 0.652. The number of rotatable bonds is 4. The van der Waals surface area contributed by atoms with E-state index in [0.717, 1.165) is 18.5 Å². The molecule has 0 aromatic carbocycles. The average molecular weight is 309 g/mol. The Morgan fingerprint density at radius 2 is 2.32 bits per heavy atom. The summed E-state index contributed by atoms with van der Waals surface area (Å²) in [5.41, 5.74) is 3.46. The number of carbonyl (C=O) groups is 1. The summed E-state index contributed by atoms with van der Waals surface area (Å²) in [6.45, 7) is 9.83. The van der Waals surface area contributed by atoms with Gasteiger partial charge < -0.3 is 9.64 Å². The van der Waals surface area contributed by atoms with Crippen LogP contribution in [0.3, 0.4) is 0 Å². The van der Waals surface area contributed by atoms with Crippen molar-refractivity contribution >= 4 is 6.09 Å². The number of nitrogens with zero attached hydrogens (tertiary/aromatic N) is 3. The molecular weight excluding hydrogens is 282 g/mol. The first kappa shape index (κ1) is 16.8. The zero-order valence-corrected chi connectivity index (χ0v) is 13.9. The van der Waals surface area contributed by atoms with Gasteiger partial charge in [0.05, 0.1) is 12.2 Å². The normalized spacial score (nSPS) is 20.2. The van der Waals surface area contributed by atoms with E-state index in [0.29, 0.717) is 13.1 Å². The number of likely N-dealkylation sites (tertiary alicyclic amines) is 1. The van der Waals surface area contributed by atoms with Gasteiger partial charge in [-0.3, -0.25) is 16.0 Å². The molecule has 2 heterocycles. The molecule has 1 aromatic rings. The molecule has 7 heteroatoms. The minimum Gasteiger partial charge on any atom is -0.444 e. The van der Waals surface area contributed by atoms with Gasteiger partial charge in [-0.1, -0.05) is 0 Å². The molecule has 0 spiro atoms. The lowest BCUT2D eigenvalue weighted by atomic mass is 9.95. The molecule has 124 valence electrons. The number of hydrogen-bond donors (Lipinski definition) is 2. The second-order valence-electron chi connectivity index (χ2n) is 6.75. The molecule has 0 aliphatic carbocycles. The lowest BCUT2D eigenvalue weighted by Crippen LogP contribution is -2.38. The van der Waals surface area contributed by atoms with Crippen LogP contribution in [0, 0.1) is 5.92 Å². The minimum atomic E-state index is -0.469. The Labute approximate surface area is 131 Å². The summed E-state index contributed by atoms with van der Waals surface area (Å²) in [4.78, 5) is 13.9. The predicted octanol–water partition coefficient (Wildman–Crippen LogP) is 1.66. The van der Waals surface area contributed by atoms with E-state index < -0.39 is 5.60 Å². The standard InChI is InChI=1S/C15H27N5O2/c1-5-20-10-12(8-17-20)13(18-16)11-6-7-19(9-11)14(21)22-15(2,3)4/h8,10-11,13,18H,5-7,9,16H2,1-4H3. The maximum atomic E-state index is 12.1. The Morgan fingerprint density at radius 3 is 2.86 bits per heavy atom. The molecule has 3 N–H and O–H groups in total. The van der Waals surface area contributed by atoms with Crippen LogP contribution < -0.4 is 11.3 Å². The minimum absolute atomic E-state index is 0.00673. The first-order chi connectivity index (χ1) is 10.3. The molecule has 1 amide bonds. The van der Waals surface area contributed by atoms with E-state index in [-0.39, 0.29) is 18.1 Å². The molecule has 2 atom stereocenters. The van der Waals surface area contributed by atoms with Gasteiger partial charge in [0.1, 0.15) is 5.60 Å². The Balaban J connectivity index is 2.00. The van der Waals surface area contributed by atoms with E-state index in [1.54, 1.807) is 4.90 Å². The Kier molecular flexibility index (Phi) is 5.08. The number of nitrogens with two attached hydrogens (primary N) is 1. The van der Waals surface area contributed by atoms with Gasteiger partial charge in [-0.25, -0.2) is 4.79 Å². The van der Waals surface area contributed by atoms with E-state index in [4.69, 9.17) is 10.6 Å². The van der Waals surface area contributed by atoms with E-state index in [1.165, 1.54) is 0 Å². The molecule has 1 saturated heterocycles. The van der Waals surface area contributed by atoms with Crippen molar-refractivity contribution < 1.29 is 9.53 Å². The van der Waals surface area contributed by atoms with Crippen LogP contribution in [0.25, 0.3) is 0 Å². The van der Waals surface area contributed by atoms with Gasteiger partial charge in [0, 0.05) is 31.4 Å². The zero-order chi connectivity index (χ0) is 16.3. The second kappa shape index (κ2) is 6.66. The first-order valence-electron chi connectivity index (χ1n) is 7.80. The molecular formula is C15H27N5O2. The molecule has 0 saturated carbocycles. The molecule has 22 heavy (non-hydrogen) atoms. The van der Waals surface area contributed by atoms with Gasteiger partial charge >= 0.3 is 6.09 Å². The maximum absolute atomic E-state index is 12.1. The topological polar surface area (TPSA) is 85.4 Å². The number of nitrogens with one attached hydrogen (secondary N) is 1. The number of aromatic nitrogens is 2. The molecule has 0 bridgehead atoms. The van der Waals surface area contributed by atoms with Crippen molar-refractivity contribution in [2.24, 2.45) is 11.8 Å². The van der Waals surface area contributed by atoms with Gasteiger partial charge in [-0.2, -0.15) is 5.10 Å². The SMILES string of the molecule is CCn1cc(C(NN)C2CCN(C(=O)OC(C)(C)C)C2)cn1.